The summed E-state index contributed by atoms with van der Waals surface area (Å²) in [6, 6.07) is -0.985. The highest BCUT2D eigenvalue weighted by molar-refractivity contribution is 5.76. The summed E-state index contributed by atoms with van der Waals surface area (Å²) in [4.78, 5) is 13.3. The van der Waals surface area contributed by atoms with Crippen LogP contribution in [-0.2, 0) is 33.2 Å². The second-order valence-corrected chi connectivity index (χ2v) is 22.5. The van der Waals surface area contributed by atoms with Crippen molar-refractivity contribution in [1.82, 2.24) is 5.32 Å². The number of nitrogens with one attached hydrogen (secondary N) is 1. The average Bonchev–Trinajstić information content (AvgIpc) is 3.48. The van der Waals surface area contributed by atoms with Gasteiger partial charge in [0.05, 0.1) is 38.6 Å². The minimum absolute atomic E-state index is 0.239. The molecule has 3 saturated heterocycles. The molecule has 3 aliphatic heterocycles. The molecule has 0 saturated carbocycles. The summed E-state index contributed by atoms with van der Waals surface area (Å²) >= 11 is 0. The summed E-state index contributed by atoms with van der Waals surface area (Å²) in [5.74, 6) is -0.284. The van der Waals surface area contributed by atoms with Gasteiger partial charge in [0, 0.05) is 6.42 Å². The number of rotatable bonds is 46. The molecular formula is C60H111NO18. The van der Waals surface area contributed by atoms with Crippen LogP contribution in [-0.4, -0.2) is 193 Å². The first kappa shape index (κ1) is 71.5. The Labute approximate surface area is 473 Å². The van der Waals surface area contributed by atoms with Crippen LogP contribution in [0.1, 0.15) is 219 Å². The minimum atomic E-state index is -1.98. The smallest absolute Gasteiger partial charge is 0.220 e. The summed E-state index contributed by atoms with van der Waals surface area (Å²) in [6.07, 6.45) is 18.8. The van der Waals surface area contributed by atoms with Crippen LogP contribution >= 0.6 is 0 Å². The third-order valence-electron chi connectivity index (χ3n) is 15.8. The number of allylic oxidation sites excluding steroid dienone is 3. The third kappa shape index (κ3) is 27.7. The molecule has 19 nitrogen and oxygen atoms in total. The molecule has 19 heteroatoms. The maximum Gasteiger partial charge on any atom is 0.220 e. The van der Waals surface area contributed by atoms with Crippen molar-refractivity contribution >= 4 is 5.91 Å². The largest absolute Gasteiger partial charge is 0.394 e. The molecule has 17 atom stereocenters. The topological polar surface area (TPSA) is 307 Å². The van der Waals surface area contributed by atoms with Crippen LogP contribution in [0.3, 0.4) is 0 Å². The van der Waals surface area contributed by atoms with Gasteiger partial charge in [0.2, 0.25) is 5.91 Å². The molecule has 0 aliphatic carbocycles. The van der Waals surface area contributed by atoms with E-state index in [1.807, 2.05) is 6.08 Å². The van der Waals surface area contributed by atoms with Crippen molar-refractivity contribution in [3.63, 3.8) is 0 Å². The molecule has 464 valence electrons. The Balaban J connectivity index is 1.50. The van der Waals surface area contributed by atoms with Crippen LogP contribution < -0.4 is 5.32 Å². The normalized spacial score (nSPS) is 30.4. The quantitative estimate of drug-likeness (QED) is 0.0248. The van der Waals surface area contributed by atoms with Gasteiger partial charge in [-0.05, 0) is 32.1 Å². The van der Waals surface area contributed by atoms with E-state index in [0.29, 0.717) is 12.8 Å². The van der Waals surface area contributed by atoms with E-state index >= 15 is 0 Å². The summed E-state index contributed by atoms with van der Waals surface area (Å²) in [6.45, 7) is 1.71. The lowest BCUT2D eigenvalue weighted by Gasteiger charge is -2.48. The number of hydrogen-bond acceptors (Lipinski definition) is 18. The maximum atomic E-state index is 13.3. The predicted molar refractivity (Wildman–Crippen MR) is 300 cm³/mol. The van der Waals surface area contributed by atoms with E-state index in [2.05, 4.69) is 31.3 Å². The van der Waals surface area contributed by atoms with Crippen molar-refractivity contribution in [3.8, 4) is 0 Å². The van der Waals surface area contributed by atoms with E-state index in [-0.39, 0.29) is 18.9 Å². The molecule has 3 aliphatic rings. The Morgan fingerprint density at radius 2 is 0.810 bits per heavy atom. The number of aliphatic hydroxyl groups excluding tert-OH is 11. The van der Waals surface area contributed by atoms with Crippen LogP contribution in [0, 0.1) is 0 Å². The van der Waals surface area contributed by atoms with Crippen molar-refractivity contribution < 1.29 is 89.4 Å². The first-order valence-electron chi connectivity index (χ1n) is 31.1. The molecule has 0 spiro atoms. The van der Waals surface area contributed by atoms with Gasteiger partial charge in [-0.25, -0.2) is 0 Å². The van der Waals surface area contributed by atoms with Crippen LogP contribution in [0.4, 0.5) is 0 Å². The number of amides is 1. The Hall–Kier alpha value is -1.73. The molecule has 0 aromatic heterocycles. The zero-order chi connectivity index (χ0) is 57.6. The van der Waals surface area contributed by atoms with Gasteiger partial charge >= 0.3 is 0 Å². The molecule has 3 rings (SSSR count). The third-order valence-corrected chi connectivity index (χ3v) is 15.8. The molecular weight excluding hydrogens is 1020 g/mol. The van der Waals surface area contributed by atoms with Gasteiger partial charge in [-0.15, -0.1) is 0 Å². The molecule has 1 amide bonds. The highest BCUT2D eigenvalue weighted by Crippen LogP contribution is 2.33. The Morgan fingerprint density at radius 1 is 0.443 bits per heavy atom. The summed E-state index contributed by atoms with van der Waals surface area (Å²) < 4.78 is 34.2. The van der Waals surface area contributed by atoms with Crippen molar-refractivity contribution in [1.29, 1.82) is 0 Å². The lowest BCUT2D eigenvalue weighted by molar-refractivity contribution is -0.379. The number of carbonyl (C=O) groups excluding carboxylic acids is 1. The Kier molecular flexibility index (Phi) is 39.7. The zero-order valence-corrected chi connectivity index (χ0v) is 48.4. The Morgan fingerprint density at radius 3 is 1.27 bits per heavy atom. The van der Waals surface area contributed by atoms with Gasteiger partial charge in [-0.1, -0.05) is 205 Å². The number of unbranched alkanes of at least 4 members (excludes halogenated alkanes) is 28. The lowest BCUT2D eigenvalue weighted by Crippen LogP contribution is -2.66. The Bertz CT molecular complexity index is 1540. The highest BCUT2D eigenvalue weighted by Gasteiger charge is 2.53. The molecule has 0 bridgehead atoms. The predicted octanol–water partition coefficient (Wildman–Crippen LogP) is 5.93. The highest BCUT2D eigenvalue weighted by atomic mass is 16.8. The van der Waals surface area contributed by atoms with Crippen LogP contribution in [0.5, 0.6) is 0 Å². The summed E-state index contributed by atoms with van der Waals surface area (Å²) in [7, 11) is 0. The fourth-order valence-electron chi connectivity index (χ4n) is 10.6. The van der Waals surface area contributed by atoms with Crippen LogP contribution in [0.25, 0.3) is 0 Å². The van der Waals surface area contributed by atoms with Gasteiger partial charge in [0.15, 0.2) is 18.9 Å². The van der Waals surface area contributed by atoms with E-state index in [1.54, 1.807) is 6.08 Å². The second-order valence-electron chi connectivity index (χ2n) is 22.5. The second kappa shape index (κ2) is 43.8. The van der Waals surface area contributed by atoms with E-state index in [1.165, 1.54) is 148 Å². The standard InChI is InChI=1S/C60H111NO18/c1-3-5-7-9-11-13-15-17-18-19-20-21-22-23-24-26-27-29-31-33-35-37-44(65)43(61-48(66)38-36-34-32-30-28-25-16-14-12-10-8-6-4-2)42-74-58-54(72)51(69)56(46(40-63)76-58)79-60-55(73)52(70)57(47(41-64)77-60)78-59-53(71)50(68)49(67)45(39-62)75-59/h27,29,35,37,43-47,49-60,62-65,67-73H,3-26,28,30-34,36,38-42H2,1-2H3,(H,61,66)/b29-27+,37-35+. The van der Waals surface area contributed by atoms with Gasteiger partial charge in [-0.3, -0.25) is 4.79 Å². The first-order chi connectivity index (χ1) is 38.3. The first-order valence-corrected chi connectivity index (χ1v) is 31.1. The monoisotopic (exact) mass is 1130 g/mol. The summed E-state index contributed by atoms with van der Waals surface area (Å²) in [5, 5.41) is 120. The average molecular weight is 1130 g/mol. The van der Waals surface area contributed by atoms with Crippen molar-refractivity contribution in [2.75, 3.05) is 26.4 Å². The molecule has 17 unspecified atom stereocenters. The van der Waals surface area contributed by atoms with E-state index < -0.39 is 124 Å². The molecule has 3 heterocycles. The SMILES string of the molecule is CCCCCCCCCCCCCCCCC/C=C/CC/C=C/C(O)C(COC1OC(CO)C(OC2OC(CO)C(OC3OC(CO)C(O)C(O)C3O)C(O)C2O)C(O)C1O)NC(=O)CCCCCCCCCCCCCCC. The van der Waals surface area contributed by atoms with Crippen molar-refractivity contribution in [2.45, 2.75) is 324 Å². The molecule has 0 aromatic carbocycles. The number of aliphatic hydroxyl groups is 11. The van der Waals surface area contributed by atoms with Crippen molar-refractivity contribution in [3.05, 3.63) is 24.3 Å². The van der Waals surface area contributed by atoms with E-state index in [4.69, 9.17) is 28.4 Å². The van der Waals surface area contributed by atoms with Gasteiger partial charge in [0.1, 0.15) is 73.2 Å². The molecule has 3 fully saturated rings. The minimum Gasteiger partial charge on any atom is -0.394 e. The van der Waals surface area contributed by atoms with E-state index in [0.717, 1.165) is 38.5 Å². The molecule has 79 heavy (non-hydrogen) atoms. The van der Waals surface area contributed by atoms with E-state index in [9.17, 15) is 61.0 Å². The van der Waals surface area contributed by atoms with Gasteiger partial charge in [0.25, 0.3) is 0 Å². The van der Waals surface area contributed by atoms with Crippen LogP contribution in [0.15, 0.2) is 24.3 Å². The van der Waals surface area contributed by atoms with Crippen LogP contribution in [0.2, 0.25) is 0 Å². The maximum absolute atomic E-state index is 13.3. The zero-order valence-electron chi connectivity index (χ0n) is 48.4. The molecule has 12 N–H and O–H groups in total. The number of ether oxygens (including phenoxy) is 6. The number of hydrogen-bond donors (Lipinski definition) is 12. The molecule has 0 radical (unpaired) electrons. The van der Waals surface area contributed by atoms with Gasteiger partial charge < -0.3 is 89.9 Å². The van der Waals surface area contributed by atoms with Gasteiger partial charge in [-0.2, -0.15) is 0 Å². The fraction of sp³-hybridized carbons (Fsp3) is 0.917. The lowest BCUT2D eigenvalue weighted by atomic mass is 9.96. The summed E-state index contributed by atoms with van der Waals surface area (Å²) in [5.41, 5.74) is 0. The molecule has 0 aromatic rings. The fourth-order valence-corrected chi connectivity index (χ4v) is 10.6. The number of carbonyl (C=O) groups is 1. The van der Waals surface area contributed by atoms with Crippen molar-refractivity contribution in [2.24, 2.45) is 0 Å².